The summed E-state index contributed by atoms with van der Waals surface area (Å²) in [6.45, 7) is 0. The zero-order valence-corrected chi connectivity index (χ0v) is 8.92. The van der Waals surface area contributed by atoms with Gasteiger partial charge in [0.05, 0.1) is 4.21 Å². The van der Waals surface area contributed by atoms with Crippen LogP contribution in [0, 0.1) is 0 Å². The molecule has 66 valence electrons. The lowest BCUT2D eigenvalue weighted by Gasteiger charge is -1.96. The highest BCUT2D eigenvalue weighted by atomic mass is 35.5. The van der Waals surface area contributed by atoms with Crippen LogP contribution >= 0.6 is 35.6 Å². The molecule has 1 aromatic carbocycles. The predicted octanol–water partition coefficient (Wildman–Crippen LogP) is 3.20. The van der Waals surface area contributed by atoms with Gasteiger partial charge in [0, 0.05) is 21.2 Å². The summed E-state index contributed by atoms with van der Waals surface area (Å²) in [5.74, 6) is 0. The van der Waals surface area contributed by atoms with Gasteiger partial charge in [-0.3, -0.25) is 4.79 Å². The minimum absolute atomic E-state index is 0.0266. The van der Waals surface area contributed by atoms with Crippen molar-refractivity contribution in [2.24, 2.45) is 0 Å². The number of benzene rings is 1. The first-order valence-electron chi connectivity index (χ1n) is 3.59. The van der Waals surface area contributed by atoms with Crippen molar-refractivity contribution in [3.8, 4) is 0 Å². The van der Waals surface area contributed by atoms with Gasteiger partial charge in [-0.25, -0.2) is 0 Å². The Morgan fingerprint density at radius 2 is 2.08 bits per heavy atom. The Kier molecular flexibility index (Phi) is 2.32. The van der Waals surface area contributed by atoms with Crippen LogP contribution in [-0.2, 0) is 0 Å². The van der Waals surface area contributed by atoms with Crippen molar-refractivity contribution in [1.82, 2.24) is 0 Å². The van der Waals surface area contributed by atoms with Gasteiger partial charge >= 0.3 is 0 Å². The van der Waals surface area contributed by atoms with Crippen molar-refractivity contribution in [2.75, 3.05) is 0 Å². The van der Waals surface area contributed by atoms with Crippen LogP contribution in [0.2, 0.25) is 5.02 Å². The second-order valence-corrected chi connectivity index (χ2v) is 4.89. The van der Waals surface area contributed by atoms with Gasteiger partial charge < -0.3 is 0 Å². The van der Waals surface area contributed by atoms with E-state index < -0.39 is 0 Å². The van der Waals surface area contributed by atoms with Gasteiger partial charge in [0.2, 0.25) is 0 Å². The molecule has 1 nitrogen and oxygen atoms in total. The number of fused-ring (bicyclic) bond motifs is 1. The molecule has 0 saturated carbocycles. The summed E-state index contributed by atoms with van der Waals surface area (Å²) in [5, 5.41) is 1.25. The molecule has 0 aliphatic heterocycles. The highest BCUT2D eigenvalue weighted by molar-refractivity contribution is 7.83. The van der Waals surface area contributed by atoms with Crippen molar-refractivity contribution in [1.29, 1.82) is 0 Å². The maximum absolute atomic E-state index is 11.5. The van der Waals surface area contributed by atoms with E-state index in [0.717, 1.165) is 8.91 Å². The quantitative estimate of drug-likeness (QED) is 0.686. The summed E-state index contributed by atoms with van der Waals surface area (Å²) in [6.07, 6.45) is 0. The van der Waals surface area contributed by atoms with E-state index in [-0.39, 0.29) is 5.43 Å². The monoisotopic (exact) mass is 228 g/mol. The zero-order valence-electron chi connectivity index (χ0n) is 6.45. The summed E-state index contributed by atoms with van der Waals surface area (Å²) in [5.41, 5.74) is -0.0266. The molecule has 0 amide bonds. The third kappa shape index (κ3) is 1.73. The van der Waals surface area contributed by atoms with Gasteiger partial charge in [0.25, 0.3) is 0 Å². The second kappa shape index (κ2) is 3.33. The minimum atomic E-state index is -0.0266. The Bertz CT molecular complexity index is 518. The van der Waals surface area contributed by atoms with Gasteiger partial charge in [0.1, 0.15) is 0 Å². The fourth-order valence-corrected chi connectivity index (χ4v) is 2.50. The highest BCUT2D eigenvalue weighted by Gasteiger charge is 2.00. The first kappa shape index (κ1) is 9.06. The average molecular weight is 229 g/mol. The molecular formula is C9H5ClOS2. The summed E-state index contributed by atoms with van der Waals surface area (Å²) >= 11 is 11.4. The average Bonchev–Trinajstić information content (AvgIpc) is 2.06. The topological polar surface area (TPSA) is 17.1 Å². The first-order valence-corrected chi connectivity index (χ1v) is 5.23. The lowest BCUT2D eigenvalue weighted by Crippen LogP contribution is -1.97. The lowest BCUT2D eigenvalue weighted by molar-refractivity contribution is 1.61. The molecule has 0 aliphatic rings. The van der Waals surface area contributed by atoms with Crippen LogP contribution in [-0.4, -0.2) is 0 Å². The highest BCUT2D eigenvalue weighted by Crippen LogP contribution is 2.23. The summed E-state index contributed by atoms with van der Waals surface area (Å²) in [6, 6.07) is 6.80. The Balaban J connectivity index is 2.95. The number of thiol groups is 1. The molecule has 0 spiro atoms. The third-order valence-corrected chi connectivity index (χ3v) is 3.22. The molecule has 0 atom stereocenters. The summed E-state index contributed by atoms with van der Waals surface area (Å²) in [4.78, 5) is 11.5. The Morgan fingerprint density at radius 1 is 1.31 bits per heavy atom. The normalized spacial score (nSPS) is 10.6. The molecular weight excluding hydrogens is 224 g/mol. The fourth-order valence-electron chi connectivity index (χ4n) is 1.12. The molecule has 13 heavy (non-hydrogen) atoms. The predicted molar refractivity (Wildman–Crippen MR) is 60.4 cm³/mol. The van der Waals surface area contributed by atoms with Crippen LogP contribution in [0.1, 0.15) is 0 Å². The van der Waals surface area contributed by atoms with Gasteiger partial charge in [0.15, 0.2) is 5.43 Å². The van der Waals surface area contributed by atoms with E-state index in [9.17, 15) is 4.79 Å². The Labute approximate surface area is 89.4 Å². The van der Waals surface area contributed by atoms with Crippen LogP contribution in [0.25, 0.3) is 10.1 Å². The van der Waals surface area contributed by atoms with E-state index in [4.69, 9.17) is 11.6 Å². The van der Waals surface area contributed by atoms with Gasteiger partial charge in [-0.05, 0) is 18.2 Å². The van der Waals surface area contributed by atoms with E-state index in [0.29, 0.717) is 10.4 Å². The van der Waals surface area contributed by atoms with Crippen LogP contribution in [0.5, 0.6) is 0 Å². The number of rotatable bonds is 0. The Morgan fingerprint density at radius 3 is 2.85 bits per heavy atom. The number of hydrogen-bond donors (Lipinski definition) is 1. The molecule has 0 saturated heterocycles. The van der Waals surface area contributed by atoms with Crippen molar-refractivity contribution in [2.45, 2.75) is 4.21 Å². The molecule has 0 fully saturated rings. The molecule has 0 bridgehead atoms. The van der Waals surface area contributed by atoms with E-state index in [2.05, 4.69) is 12.6 Å². The van der Waals surface area contributed by atoms with Gasteiger partial charge in [-0.1, -0.05) is 11.6 Å². The fraction of sp³-hybridized carbons (Fsp3) is 0. The molecule has 0 aliphatic carbocycles. The zero-order chi connectivity index (χ0) is 9.42. The summed E-state index contributed by atoms with van der Waals surface area (Å²) < 4.78 is 1.64. The van der Waals surface area contributed by atoms with Crippen LogP contribution in [0.15, 0.2) is 33.3 Å². The molecule has 2 aromatic rings. The largest absolute Gasteiger partial charge is 0.289 e. The SMILES string of the molecule is O=c1cc(S)sc2ccc(Cl)cc12. The van der Waals surface area contributed by atoms with Crippen molar-refractivity contribution in [3.63, 3.8) is 0 Å². The maximum Gasteiger partial charge on any atom is 0.189 e. The van der Waals surface area contributed by atoms with E-state index in [1.54, 1.807) is 12.1 Å². The minimum Gasteiger partial charge on any atom is -0.289 e. The van der Waals surface area contributed by atoms with E-state index >= 15 is 0 Å². The molecule has 2 rings (SSSR count). The molecule has 4 heteroatoms. The van der Waals surface area contributed by atoms with Crippen LogP contribution < -0.4 is 5.43 Å². The smallest absolute Gasteiger partial charge is 0.189 e. The standard InChI is InChI=1S/C9H5ClOS2/c10-5-1-2-8-6(3-5)7(11)4-9(12)13-8/h1-4,12H. The molecule has 0 radical (unpaired) electrons. The first-order chi connectivity index (χ1) is 6.16. The van der Waals surface area contributed by atoms with Crippen LogP contribution in [0.3, 0.4) is 0 Å². The van der Waals surface area contributed by atoms with Gasteiger partial charge in [-0.15, -0.1) is 24.0 Å². The van der Waals surface area contributed by atoms with Crippen molar-refractivity contribution in [3.05, 3.63) is 39.5 Å². The third-order valence-electron chi connectivity index (χ3n) is 1.68. The maximum atomic E-state index is 11.5. The number of hydrogen-bond acceptors (Lipinski definition) is 3. The van der Waals surface area contributed by atoms with E-state index in [1.165, 1.54) is 17.4 Å². The van der Waals surface area contributed by atoms with Crippen LogP contribution in [0.4, 0.5) is 0 Å². The van der Waals surface area contributed by atoms with Gasteiger partial charge in [-0.2, -0.15) is 0 Å². The second-order valence-electron chi connectivity index (χ2n) is 2.59. The molecule has 1 aromatic heterocycles. The number of halogens is 1. The van der Waals surface area contributed by atoms with Crippen molar-refractivity contribution >= 4 is 45.7 Å². The van der Waals surface area contributed by atoms with E-state index in [1.807, 2.05) is 6.07 Å². The lowest BCUT2D eigenvalue weighted by atomic mass is 10.2. The molecule has 0 unspecified atom stereocenters. The molecule has 1 heterocycles. The Hall–Kier alpha value is -0.510. The van der Waals surface area contributed by atoms with Crippen molar-refractivity contribution < 1.29 is 0 Å². The summed E-state index contributed by atoms with van der Waals surface area (Å²) in [7, 11) is 0. The molecule has 0 N–H and O–H groups in total.